The van der Waals surface area contributed by atoms with Crippen LogP contribution in [0.2, 0.25) is 0 Å². The van der Waals surface area contributed by atoms with E-state index in [0.29, 0.717) is 32.8 Å². The van der Waals surface area contributed by atoms with Gasteiger partial charge >= 0.3 is 0 Å². The highest BCUT2D eigenvalue weighted by molar-refractivity contribution is 5.85. The predicted molar refractivity (Wildman–Crippen MR) is 78.9 cm³/mol. The highest BCUT2D eigenvalue weighted by Crippen LogP contribution is 2.03. The van der Waals surface area contributed by atoms with Crippen LogP contribution in [-0.4, -0.2) is 44.4 Å². The van der Waals surface area contributed by atoms with Crippen LogP contribution < -0.4 is 11.1 Å². The van der Waals surface area contributed by atoms with E-state index in [1.807, 2.05) is 30.3 Å². The molecular formula is C14H21ClN2O3. The lowest BCUT2D eigenvalue weighted by atomic mass is 10.1. The third kappa shape index (κ3) is 5.46. The summed E-state index contributed by atoms with van der Waals surface area (Å²) in [5, 5.41) is 2.80. The molecule has 0 bridgehead atoms. The minimum atomic E-state index is -0.535. The van der Waals surface area contributed by atoms with E-state index in [9.17, 15) is 4.79 Å². The molecule has 1 saturated heterocycles. The zero-order chi connectivity index (χ0) is 13.5. The summed E-state index contributed by atoms with van der Waals surface area (Å²) >= 11 is 0. The molecule has 1 fully saturated rings. The Labute approximate surface area is 125 Å². The van der Waals surface area contributed by atoms with Gasteiger partial charge in [-0.25, -0.2) is 0 Å². The van der Waals surface area contributed by atoms with Gasteiger partial charge in [-0.15, -0.1) is 12.4 Å². The predicted octanol–water partition coefficient (Wildman–Crippen LogP) is 0.510. The first-order chi connectivity index (χ1) is 9.25. The number of ether oxygens (including phenoxy) is 2. The Morgan fingerprint density at radius 2 is 2.10 bits per heavy atom. The second-order valence-corrected chi connectivity index (χ2v) is 4.61. The van der Waals surface area contributed by atoms with Crippen molar-refractivity contribution in [1.29, 1.82) is 0 Å². The van der Waals surface area contributed by atoms with Crippen LogP contribution in [0.1, 0.15) is 5.56 Å². The van der Waals surface area contributed by atoms with Crippen LogP contribution in [0.5, 0.6) is 0 Å². The molecule has 1 aromatic carbocycles. The van der Waals surface area contributed by atoms with E-state index in [2.05, 4.69) is 5.32 Å². The van der Waals surface area contributed by atoms with Crippen LogP contribution in [0.25, 0.3) is 0 Å². The summed E-state index contributed by atoms with van der Waals surface area (Å²) in [7, 11) is 0. The molecule has 6 heteroatoms. The van der Waals surface area contributed by atoms with Gasteiger partial charge in [0.2, 0.25) is 5.91 Å². The van der Waals surface area contributed by atoms with Crippen molar-refractivity contribution in [3.05, 3.63) is 35.9 Å². The van der Waals surface area contributed by atoms with Crippen LogP contribution in [0.4, 0.5) is 0 Å². The molecule has 0 saturated carbocycles. The minimum absolute atomic E-state index is 0. The van der Waals surface area contributed by atoms with Gasteiger partial charge in [0.15, 0.2) is 0 Å². The lowest BCUT2D eigenvalue weighted by Gasteiger charge is -2.23. The SMILES string of the molecule is Cl.NC(Cc1ccccc1)C(=O)NCC1COCCO1. The first-order valence-corrected chi connectivity index (χ1v) is 6.52. The summed E-state index contributed by atoms with van der Waals surface area (Å²) in [6, 6.07) is 9.21. The third-order valence-corrected chi connectivity index (χ3v) is 3.02. The Bertz CT molecular complexity index is 397. The van der Waals surface area contributed by atoms with Crippen molar-refractivity contribution in [2.45, 2.75) is 18.6 Å². The lowest BCUT2D eigenvalue weighted by molar-refractivity contribution is -0.125. The third-order valence-electron chi connectivity index (χ3n) is 3.02. The maximum absolute atomic E-state index is 11.9. The quantitative estimate of drug-likeness (QED) is 0.831. The van der Waals surface area contributed by atoms with Gasteiger partial charge < -0.3 is 20.5 Å². The molecule has 112 valence electrons. The normalized spacial score (nSPS) is 19.8. The molecule has 2 unspecified atom stereocenters. The van der Waals surface area contributed by atoms with Crippen molar-refractivity contribution in [2.24, 2.45) is 5.73 Å². The number of nitrogens with two attached hydrogens (primary N) is 1. The number of carbonyl (C=O) groups excluding carboxylic acids is 1. The minimum Gasteiger partial charge on any atom is -0.376 e. The number of halogens is 1. The van der Waals surface area contributed by atoms with Crippen molar-refractivity contribution in [1.82, 2.24) is 5.32 Å². The van der Waals surface area contributed by atoms with E-state index < -0.39 is 6.04 Å². The smallest absolute Gasteiger partial charge is 0.237 e. The van der Waals surface area contributed by atoms with Gasteiger partial charge in [-0.3, -0.25) is 4.79 Å². The van der Waals surface area contributed by atoms with Gasteiger partial charge in [0.1, 0.15) is 0 Å². The molecule has 20 heavy (non-hydrogen) atoms. The van der Waals surface area contributed by atoms with Crippen molar-refractivity contribution in [2.75, 3.05) is 26.4 Å². The fraction of sp³-hybridized carbons (Fsp3) is 0.500. The molecule has 5 nitrogen and oxygen atoms in total. The Kier molecular flexibility index (Phi) is 7.54. The molecule has 0 aromatic heterocycles. The zero-order valence-electron chi connectivity index (χ0n) is 11.3. The molecule has 1 aliphatic rings. The molecule has 2 atom stereocenters. The van der Waals surface area contributed by atoms with E-state index in [1.54, 1.807) is 0 Å². The average molecular weight is 301 g/mol. The van der Waals surface area contributed by atoms with Crippen LogP contribution in [0, 0.1) is 0 Å². The molecule has 3 N–H and O–H groups in total. The summed E-state index contributed by atoms with van der Waals surface area (Å²) in [4.78, 5) is 11.9. The van der Waals surface area contributed by atoms with Gasteiger partial charge in [-0.1, -0.05) is 30.3 Å². The maximum atomic E-state index is 11.9. The first kappa shape index (κ1) is 16.9. The first-order valence-electron chi connectivity index (χ1n) is 6.52. The fourth-order valence-corrected chi connectivity index (χ4v) is 1.96. The number of rotatable bonds is 5. The van der Waals surface area contributed by atoms with Crippen molar-refractivity contribution in [3.8, 4) is 0 Å². The van der Waals surface area contributed by atoms with E-state index >= 15 is 0 Å². The second-order valence-electron chi connectivity index (χ2n) is 4.61. The number of carbonyl (C=O) groups is 1. The molecular weight excluding hydrogens is 280 g/mol. The second kappa shape index (κ2) is 8.92. The van der Waals surface area contributed by atoms with E-state index in [4.69, 9.17) is 15.2 Å². The van der Waals surface area contributed by atoms with Gasteiger partial charge in [-0.05, 0) is 12.0 Å². The van der Waals surface area contributed by atoms with E-state index in [1.165, 1.54) is 0 Å². The Morgan fingerprint density at radius 3 is 2.75 bits per heavy atom. The van der Waals surface area contributed by atoms with Gasteiger partial charge in [0.05, 0.1) is 32.0 Å². The lowest BCUT2D eigenvalue weighted by Crippen LogP contribution is -2.46. The molecule has 0 spiro atoms. The van der Waals surface area contributed by atoms with Gasteiger partial charge in [-0.2, -0.15) is 0 Å². The summed E-state index contributed by atoms with van der Waals surface area (Å²) < 4.78 is 10.7. The molecule has 1 heterocycles. The monoisotopic (exact) mass is 300 g/mol. The van der Waals surface area contributed by atoms with E-state index in [-0.39, 0.29) is 24.4 Å². The maximum Gasteiger partial charge on any atom is 0.237 e. The van der Waals surface area contributed by atoms with Crippen LogP contribution in [0.15, 0.2) is 30.3 Å². The van der Waals surface area contributed by atoms with Crippen LogP contribution in [0.3, 0.4) is 0 Å². The van der Waals surface area contributed by atoms with Crippen LogP contribution >= 0.6 is 12.4 Å². The average Bonchev–Trinajstić information content (AvgIpc) is 2.47. The standard InChI is InChI=1S/C14H20N2O3.ClH/c15-13(8-11-4-2-1-3-5-11)14(17)16-9-12-10-18-6-7-19-12;/h1-5,12-13H,6-10,15H2,(H,16,17);1H. The van der Waals surface area contributed by atoms with Crippen molar-refractivity contribution in [3.63, 3.8) is 0 Å². The summed E-state index contributed by atoms with van der Waals surface area (Å²) in [5.74, 6) is -0.155. The largest absolute Gasteiger partial charge is 0.376 e. The van der Waals surface area contributed by atoms with Crippen LogP contribution in [-0.2, 0) is 20.7 Å². The molecule has 2 rings (SSSR count). The van der Waals surface area contributed by atoms with Crippen molar-refractivity contribution >= 4 is 18.3 Å². The summed E-state index contributed by atoms with van der Waals surface area (Å²) in [6.45, 7) is 2.17. The topological polar surface area (TPSA) is 73.6 Å². The Balaban J connectivity index is 0.00000200. The highest BCUT2D eigenvalue weighted by Gasteiger charge is 2.18. The van der Waals surface area contributed by atoms with Gasteiger partial charge in [0.25, 0.3) is 0 Å². The molecule has 1 aliphatic heterocycles. The zero-order valence-corrected chi connectivity index (χ0v) is 12.1. The molecule has 1 amide bonds. The number of hydrogen-bond donors (Lipinski definition) is 2. The highest BCUT2D eigenvalue weighted by atomic mass is 35.5. The summed E-state index contributed by atoms with van der Waals surface area (Å²) in [5.41, 5.74) is 6.94. The fourth-order valence-electron chi connectivity index (χ4n) is 1.96. The summed E-state index contributed by atoms with van der Waals surface area (Å²) in [6.07, 6.45) is 0.468. The molecule has 0 aliphatic carbocycles. The Morgan fingerprint density at radius 1 is 1.35 bits per heavy atom. The number of nitrogens with one attached hydrogen (secondary N) is 1. The molecule has 0 radical (unpaired) electrons. The Hall–Kier alpha value is -1.14. The van der Waals surface area contributed by atoms with Crippen molar-refractivity contribution < 1.29 is 14.3 Å². The van der Waals surface area contributed by atoms with Gasteiger partial charge in [0, 0.05) is 6.54 Å². The molecule has 1 aromatic rings. The number of hydrogen-bond acceptors (Lipinski definition) is 4. The number of amides is 1. The number of benzene rings is 1. The van der Waals surface area contributed by atoms with E-state index in [0.717, 1.165) is 5.56 Å².